The van der Waals surface area contributed by atoms with Gasteiger partial charge in [0.05, 0.1) is 0 Å². The lowest BCUT2D eigenvalue weighted by Gasteiger charge is -2.30. The summed E-state index contributed by atoms with van der Waals surface area (Å²) >= 11 is 0. The lowest BCUT2D eigenvalue weighted by atomic mass is 10.1. The summed E-state index contributed by atoms with van der Waals surface area (Å²) in [6.45, 7) is 6.89. The predicted octanol–water partition coefficient (Wildman–Crippen LogP) is 2.66. The summed E-state index contributed by atoms with van der Waals surface area (Å²) in [6.07, 6.45) is 0.476. The SMILES string of the molecule is CC(C)(C)OC(=O)N1CCCN=C1c1cccc(N)c1. The van der Waals surface area contributed by atoms with Crippen LogP contribution in [0, 0.1) is 0 Å². The van der Waals surface area contributed by atoms with Gasteiger partial charge in [-0.3, -0.25) is 9.89 Å². The molecule has 108 valence electrons. The van der Waals surface area contributed by atoms with Crippen LogP contribution < -0.4 is 5.73 Å². The van der Waals surface area contributed by atoms with E-state index in [1.165, 1.54) is 0 Å². The molecule has 0 radical (unpaired) electrons. The average Bonchev–Trinajstić information content (AvgIpc) is 2.37. The Morgan fingerprint density at radius 1 is 1.40 bits per heavy atom. The molecule has 0 aromatic heterocycles. The minimum Gasteiger partial charge on any atom is -0.443 e. The number of carbonyl (C=O) groups is 1. The third-order valence-corrected chi connectivity index (χ3v) is 2.82. The number of amidine groups is 1. The molecule has 1 aliphatic rings. The number of ether oxygens (including phenoxy) is 1. The van der Waals surface area contributed by atoms with Crippen LogP contribution >= 0.6 is 0 Å². The minimum atomic E-state index is -0.518. The van der Waals surface area contributed by atoms with Crippen molar-refractivity contribution in [3.8, 4) is 0 Å². The zero-order valence-corrected chi connectivity index (χ0v) is 12.2. The van der Waals surface area contributed by atoms with Gasteiger partial charge in [0.25, 0.3) is 0 Å². The fourth-order valence-corrected chi connectivity index (χ4v) is 2.02. The van der Waals surface area contributed by atoms with Gasteiger partial charge in [-0.15, -0.1) is 0 Å². The zero-order valence-electron chi connectivity index (χ0n) is 12.2. The molecule has 0 unspecified atom stereocenters. The van der Waals surface area contributed by atoms with Crippen LogP contribution in [-0.4, -0.2) is 35.5 Å². The number of nitrogens with zero attached hydrogens (tertiary/aromatic N) is 2. The smallest absolute Gasteiger partial charge is 0.416 e. The van der Waals surface area contributed by atoms with E-state index in [-0.39, 0.29) is 6.09 Å². The number of carbonyl (C=O) groups excluding carboxylic acids is 1. The van der Waals surface area contributed by atoms with Crippen molar-refractivity contribution in [3.63, 3.8) is 0 Å². The van der Waals surface area contributed by atoms with Crippen LogP contribution in [-0.2, 0) is 4.74 Å². The number of nitrogens with two attached hydrogens (primary N) is 1. The molecule has 5 heteroatoms. The van der Waals surface area contributed by atoms with E-state index in [9.17, 15) is 4.79 Å². The highest BCUT2D eigenvalue weighted by atomic mass is 16.6. The summed E-state index contributed by atoms with van der Waals surface area (Å²) in [7, 11) is 0. The zero-order chi connectivity index (χ0) is 14.8. The molecule has 0 fully saturated rings. The third kappa shape index (κ3) is 3.50. The van der Waals surface area contributed by atoms with Crippen molar-refractivity contribution in [3.05, 3.63) is 29.8 Å². The second-order valence-corrected chi connectivity index (χ2v) is 5.82. The van der Waals surface area contributed by atoms with Crippen LogP contribution in [0.1, 0.15) is 32.8 Å². The first kappa shape index (κ1) is 14.4. The van der Waals surface area contributed by atoms with Crippen molar-refractivity contribution in [2.24, 2.45) is 4.99 Å². The Balaban J connectivity index is 2.26. The van der Waals surface area contributed by atoms with Crippen LogP contribution in [0.3, 0.4) is 0 Å². The maximum atomic E-state index is 12.3. The van der Waals surface area contributed by atoms with Crippen molar-refractivity contribution < 1.29 is 9.53 Å². The first-order valence-corrected chi connectivity index (χ1v) is 6.78. The van der Waals surface area contributed by atoms with Crippen LogP contribution in [0.4, 0.5) is 10.5 Å². The van der Waals surface area contributed by atoms with Gasteiger partial charge in [0.2, 0.25) is 0 Å². The van der Waals surface area contributed by atoms with Crippen molar-refractivity contribution in [2.75, 3.05) is 18.8 Å². The molecule has 0 bridgehead atoms. The van der Waals surface area contributed by atoms with Gasteiger partial charge in [-0.2, -0.15) is 0 Å². The standard InChI is InChI=1S/C15H21N3O2/c1-15(2,3)20-14(19)18-9-5-8-17-13(18)11-6-4-7-12(16)10-11/h4,6-7,10H,5,8-9,16H2,1-3H3. The van der Waals surface area contributed by atoms with Gasteiger partial charge >= 0.3 is 6.09 Å². The first-order chi connectivity index (χ1) is 9.37. The molecule has 0 saturated heterocycles. The fourth-order valence-electron chi connectivity index (χ4n) is 2.02. The molecule has 2 rings (SSSR count). The number of nitrogen functional groups attached to an aromatic ring is 1. The molecule has 5 nitrogen and oxygen atoms in total. The average molecular weight is 275 g/mol. The molecular weight excluding hydrogens is 254 g/mol. The molecule has 2 N–H and O–H groups in total. The molecule has 1 heterocycles. The molecule has 20 heavy (non-hydrogen) atoms. The molecule has 0 spiro atoms. The Kier molecular flexibility index (Phi) is 3.97. The minimum absolute atomic E-state index is 0.363. The van der Waals surface area contributed by atoms with Crippen LogP contribution in [0.5, 0.6) is 0 Å². The number of hydrogen-bond donors (Lipinski definition) is 1. The molecule has 1 aliphatic heterocycles. The van der Waals surface area contributed by atoms with Crippen LogP contribution in [0.15, 0.2) is 29.3 Å². The van der Waals surface area contributed by atoms with E-state index < -0.39 is 5.60 Å². The van der Waals surface area contributed by atoms with Gasteiger partial charge in [-0.25, -0.2) is 4.79 Å². The van der Waals surface area contributed by atoms with E-state index in [1.54, 1.807) is 4.90 Å². The highest BCUT2D eigenvalue weighted by molar-refractivity contribution is 6.07. The van der Waals surface area contributed by atoms with Crippen LogP contribution in [0.25, 0.3) is 0 Å². The predicted molar refractivity (Wildman–Crippen MR) is 79.8 cm³/mol. The Hall–Kier alpha value is -2.04. The van der Waals surface area contributed by atoms with E-state index in [0.29, 0.717) is 24.6 Å². The summed E-state index contributed by atoms with van der Waals surface area (Å²) in [5.74, 6) is 0.637. The van der Waals surface area contributed by atoms with E-state index >= 15 is 0 Å². The molecular formula is C15H21N3O2. The van der Waals surface area contributed by atoms with E-state index in [4.69, 9.17) is 10.5 Å². The molecule has 0 saturated carbocycles. The fraction of sp³-hybridized carbons (Fsp3) is 0.467. The monoisotopic (exact) mass is 275 g/mol. The number of anilines is 1. The Labute approximate surface area is 119 Å². The quantitative estimate of drug-likeness (QED) is 0.801. The number of benzene rings is 1. The molecule has 1 aromatic rings. The second-order valence-electron chi connectivity index (χ2n) is 5.82. The van der Waals surface area contributed by atoms with Gasteiger partial charge in [0.15, 0.2) is 0 Å². The van der Waals surface area contributed by atoms with Crippen molar-refractivity contribution in [1.29, 1.82) is 0 Å². The van der Waals surface area contributed by atoms with E-state index in [2.05, 4.69) is 4.99 Å². The number of aliphatic imine (C=N–C) groups is 1. The number of rotatable bonds is 1. The molecule has 0 atom stereocenters. The van der Waals surface area contributed by atoms with Crippen molar-refractivity contribution in [2.45, 2.75) is 32.8 Å². The molecule has 1 aromatic carbocycles. The summed E-state index contributed by atoms with van der Waals surface area (Å²) in [5.41, 5.74) is 6.78. The van der Waals surface area contributed by atoms with Gasteiger partial charge in [0, 0.05) is 24.3 Å². The number of hydrogen-bond acceptors (Lipinski definition) is 4. The van der Waals surface area contributed by atoms with Crippen molar-refractivity contribution in [1.82, 2.24) is 4.90 Å². The maximum Gasteiger partial charge on any atom is 0.416 e. The topological polar surface area (TPSA) is 67.9 Å². The van der Waals surface area contributed by atoms with Crippen molar-refractivity contribution >= 4 is 17.6 Å². The summed E-state index contributed by atoms with van der Waals surface area (Å²) in [5, 5.41) is 0. The first-order valence-electron chi connectivity index (χ1n) is 6.78. The normalized spacial score (nSPS) is 15.8. The Morgan fingerprint density at radius 3 is 2.80 bits per heavy atom. The van der Waals surface area contributed by atoms with E-state index in [0.717, 1.165) is 12.0 Å². The third-order valence-electron chi connectivity index (χ3n) is 2.82. The number of amides is 1. The highest BCUT2D eigenvalue weighted by Crippen LogP contribution is 2.17. The Morgan fingerprint density at radius 2 is 2.15 bits per heavy atom. The molecule has 1 amide bonds. The lowest BCUT2D eigenvalue weighted by Crippen LogP contribution is -2.44. The van der Waals surface area contributed by atoms with Crippen LogP contribution in [0.2, 0.25) is 0 Å². The largest absolute Gasteiger partial charge is 0.443 e. The summed E-state index contributed by atoms with van der Waals surface area (Å²) in [4.78, 5) is 18.3. The van der Waals surface area contributed by atoms with Gasteiger partial charge in [-0.1, -0.05) is 12.1 Å². The second kappa shape index (κ2) is 5.53. The summed E-state index contributed by atoms with van der Waals surface area (Å²) in [6, 6.07) is 7.39. The lowest BCUT2D eigenvalue weighted by molar-refractivity contribution is 0.0364. The van der Waals surface area contributed by atoms with E-state index in [1.807, 2.05) is 45.0 Å². The van der Waals surface area contributed by atoms with Gasteiger partial charge in [-0.05, 0) is 39.3 Å². The van der Waals surface area contributed by atoms with Gasteiger partial charge < -0.3 is 10.5 Å². The highest BCUT2D eigenvalue weighted by Gasteiger charge is 2.28. The maximum absolute atomic E-state index is 12.3. The summed E-state index contributed by atoms with van der Waals surface area (Å²) < 4.78 is 5.43. The van der Waals surface area contributed by atoms with Gasteiger partial charge in [0.1, 0.15) is 11.4 Å². The Bertz CT molecular complexity index is 532. The molecule has 0 aliphatic carbocycles.